The number of benzene rings is 2. The molecule has 0 saturated carbocycles. The average molecular weight is 422 g/mol. The van der Waals surface area contributed by atoms with Gasteiger partial charge in [0.2, 0.25) is 0 Å². The van der Waals surface area contributed by atoms with E-state index in [2.05, 4.69) is 0 Å². The Morgan fingerprint density at radius 3 is 2.45 bits per heavy atom. The van der Waals surface area contributed by atoms with Crippen molar-refractivity contribution in [2.45, 2.75) is 13.3 Å². The summed E-state index contributed by atoms with van der Waals surface area (Å²) in [5.74, 6) is 1.13. The number of halogens is 1. The standard InChI is InChI=1S/C20H23N3O5.ClH/c1-20(12-21)9-10-22(13-20)19(24)17-11-14(23(25)26)3-8-18(17)28-16-6-4-15(27-2)5-7-16;/h3-8,11H,9-10,12-13,21H2,1-2H3;1H. The second-order valence-corrected chi connectivity index (χ2v) is 7.21. The lowest BCUT2D eigenvalue weighted by Crippen LogP contribution is -2.34. The van der Waals surface area contributed by atoms with Gasteiger partial charge in [-0.3, -0.25) is 14.9 Å². The molecule has 0 spiro atoms. The SMILES string of the molecule is COc1ccc(Oc2ccc([N+](=O)[O-])cc2C(=O)N2CCC(C)(CN)C2)cc1.Cl. The molecule has 8 nitrogen and oxygen atoms in total. The Labute approximate surface area is 175 Å². The van der Waals surface area contributed by atoms with Crippen molar-refractivity contribution in [1.29, 1.82) is 0 Å². The van der Waals surface area contributed by atoms with Crippen LogP contribution in [0.1, 0.15) is 23.7 Å². The van der Waals surface area contributed by atoms with E-state index in [1.165, 1.54) is 18.2 Å². The maximum absolute atomic E-state index is 13.1. The Morgan fingerprint density at radius 1 is 1.24 bits per heavy atom. The largest absolute Gasteiger partial charge is 0.497 e. The van der Waals surface area contributed by atoms with Gasteiger partial charge >= 0.3 is 0 Å². The van der Waals surface area contributed by atoms with Gasteiger partial charge < -0.3 is 20.1 Å². The molecule has 1 aliphatic heterocycles. The Bertz CT molecular complexity index is 890. The molecule has 0 bridgehead atoms. The lowest BCUT2D eigenvalue weighted by Gasteiger charge is -2.23. The van der Waals surface area contributed by atoms with Crippen LogP contribution in [0.2, 0.25) is 0 Å². The van der Waals surface area contributed by atoms with E-state index >= 15 is 0 Å². The highest BCUT2D eigenvalue weighted by atomic mass is 35.5. The molecule has 1 amide bonds. The summed E-state index contributed by atoms with van der Waals surface area (Å²) in [7, 11) is 1.56. The Morgan fingerprint density at radius 2 is 1.90 bits per heavy atom. The predicted molar refractivity (Wildman–Crippen MR) is 111 cm³/mol. The van der Waals surface area contributed by atoms with Gasteiger partial charge in [0.15, 0.2) is 0 Å². The van der Waals surface area contributed by atoms with Crippen molar-refractivity contribution in [2.24, 2.45) is 11.1 Å². The molecule has 0 aliphatic carbocycles. The van der Waals surface area contributed by atoms with Crippen LogP contribution in [-0.2, 0) is 0 Å². The minimum atomic E-state index is -0.526. The van der Waals surface area contributed by atoms with Crippen LogP contribution in [0, 0.1) is 15.5 Å². The zero-order valence-corrected chi connectivity index (χ0v) is 17.1. The third-order valence-corrected chi connectivity index (χ3v) is 5.03. The van der Waals surface area contributed by atoms with Crippen LogP contribution in [0.15, 0.2) is 42.5 Å². The number of nitro benzene ring substituents is 1. The first-order valence-electron chi connectivity index (χ1n) is 8.95. The third kappa shape index (κ3) is 4.96. The van der Waals surface area contributed by atoms with Crippen LogP contribution in [0.5, 0.6) is 17.2 Å². The molecule has 156 valence electrons. The quantitative estimate of drug-likeness (QED) is 0.563. The van der Waals surface area contributed by atoms with Gasteiger partial charge in [0.25, 0.3) is 11.6 Å². The fourth-order valence-electron chi connectivity index (χ4n) is 3.19. The van der Waals surface area contributed by atoms with Gasteiger partial charge in [-0.2, -0.15) is 0 Å². The highest BCUT2D eigenvalue weighted by Gasteiger charge is 2.36. The number of nitro groups is 1. The predicted octanol–water partition coefficient (Wildman–Crippen LogP) is 3.63. The molecule has 1 aliphatic rings. The average Bonchev–Trinajstić information content (AvgIpc) is 3.11. The van der Waals surface area contributed by atoms with Gasteiger partial charge in [0.05, 0.1) is 17.6 Å². The zero-order chi connectivity index (χ0) is 20.3. The van der Waals surface area contributed by atoms with E-state index < -0.39 is 4.92 Å². The van der Waals surface area contributed by atoms with Crippen LogP contribution < -0.4 is 15.2 Å². The van der Waals surface area contributed by atoms with Crippen LogP contribution >= 0.6 is 12.4 Å². The number of amides is 1. The second-order valence-electron chi connectivity index (χ2n) is 7.21. The smallest absolute Gasteiger partial charge is 0.270 e. The topological polar surface area (TPSA) is 108 Å². The number of ether oxygens (including phenoxy) is 2. The summed E-state index contributed by atoms with van der Waals surface area (Å²) in [5.41, 5.74) is 5.68. The zero-order valence-electron chi connectivity index (χ0n) is 16.3. The third-order valence-electron chi connectivity index (χ3n) is 5.03. The minimum Gasteiger partial charge on any atom is -0.497 e. The summed E-state index contributed by atoms with van der Waals surface area (Å²) < 4.78 is 11.0. The number of methoxy groups -OCH3 is 1. The number of hydrogen-bond donors (Lipinski definition) is 1. The van der Waals surface area contributed by atoms with Crippen molar-refractivity contribution in [3.8, 4) is 17.2 Å². The molecule has 0 radical (unpaired) electrons. The summed E-state index contributed by atoms with van der Waals surface area (Å²) in [6, 6.07) is 10.9. The molecule has 1 atom stereocenters. The van der Waals surface area contributed by atoms with Gasteiger partial charge in [0, 0.05) is 25.2 Å². The number of nitrogens with zero attached hydrogens (tertiary/aromatic N) is 2. The first kappa shape index (κ1) is 22.4. The first-order chi connectivity index (χ1) is 13.3. The minimum absolute atomic E-state index is 0. The van der Waals surface area contributed by atoms with E-state index in [9.17, 15) is 14.9 Å². The molecular weight excluding hydrogens is 398 g/mol. The van der Waals surface area contributed by atoms with E-state index in [1.54, 1.807) is 36.3 Å². The highest BCUT2D eigenvalue weighted by Crippen LogP contribution is 2.34. The Kier molecular flexibility index (Phi) is 7.05. The highest BCUT2D eigenvalue weighted by molar-refractivity contribution is 5.98. The number of hydrogen-bond acceptors (Lipinski definition) is 6. The maximum atomic E-state index is 13.1. The second kappa shape index (κ2) is 9.11. The molecular formula is C20H24ClN3O5. The number of likely N-dealkylation sites (tertiary alicyclic amines) is 1. The molecule has 2 aromatic rings. The summed E-state index contributed by atoms with van der Waals surface area (Å²) in [6.45, 7) is 3.56. The first-order valence-corrected chi connectivity index (χ1v) is 8.95. The van der Waals surface area contributed by atoms with Gasteiger partial charge in [-0.05, 0) is 48.7 Å². The van der Waals surface area contributed by atoms with Gasteiger partial charge in [-0.1, -0.05) is 6.92 Å². The molecule has 29 heavy (non-hydrogen) atoms. The molecule has 1 saturated heterocycles. The number of carbonyl (C=O) groups excluding carboxylic acids is 1. The van der Waals surface area contributed by atoms with Crippen molar-refractivity contribution in [3.05, 3.63) is 58.1 Å². The van der Waals surface area contributed by atoms with Gasteiger partial charge in [-0.15, -0.1) is 12.4 Å². The van der Waals surface area contributed by atoms with Crippen molar-refractivity contribution in [1.82, 2.24) is 4.90 Å². The number of nitrogens with two attached hydrogens (primary N) is 1. The van der Waals surface area contributed by atoms with Gasteiger partial charge in [0.1, 0.15) is 17.2 Å². The monoisotopic (exact) mass is 421 g/mol. The summed E-state index contributed by atoms with van der Waals surface area (Å²) >= 11 is 0. The fourth-order valence-corrected chi connectivity index (χ4v) is 3.19. The van der Waals surface area contributed by atoms with Crippen LogP contribution in [0.3, 0.4) is 0 Å². The van der Waals surface area contributed by atoms with E-state index in [1.807, 2.05) is 6.92 Å². The lowest BCUT2D eigenvalue weighted by atomic mass is 9.90. The Hall–Kier alpha value is -2.84. The van der Waals surface area contributed by atoms with E-state index in [4.69, 9.17) is 15.2 Å². The van der Waals surface area contributed by atoms with E-state index in [-0.39, 0.29) is 40.7 Å². The Balaban J connectivity index is 0.00000300. The molecule has 2 N–H and O–H groups in total. The fraction of sp³-hybridized carbons (Fsp3) is 0.350. The maximum Gasteiger partial charge on any atom is 0.270 e. The van der Waals surface area contributed by atoms with Crippen LogP contribution in [-0.4, -0.2) is 42.5 Å². The molecule has 2 aromatic carbocycles. The number of carbonyl (C=O) groups is 1. The lowest BCUT2D eigenvalue weighted by molar-refractivity contribution is -0.384. The molecule has 9 heteroatoms. The summed E-state index contributed by atoms with van der Waals surface area (Å²) in [5, 5.41) is 11.2. The van der Waals surface area contributed by atoms with Crippen molar-refractivity contribution in [2.75, 3.05) is 26.7 Å². The molecule has 0 aromatic heterocycles. The number of non-ortho nitro benzene ring substituents is 1. The van der Waals surface area contributed by atoms with E-state index in [0.29, 0.717) is 31.1 Å². The summed E-state index contributed by atoms with van der Waals surface area (Å²) in [6.07, 6.45) is 0.791. The van der Waals surface area contributed by atoms with Crippen LogP contribution in [0.25, 0.3) is 0 Å². The molecule has 1 fully saturated rings. The van der Waals surface area contributed by atoms with Crippen molar-refractivity contribution in [3.63, 3.8) is 0 Å². The van der Waals surface area contributed by atoms with Crippen LogP contribution in [0.4, 0.5) is 5.69 Å². The van der Waals surface area contributed by atoms with E-state index in [0.717, 1.165) is 6.42 Å². The van der Waals surface area contributed by atoms with Crippen molar-refractivity contribution >= 4 is 24.0 Å². The molecule has 1 heterocycles. The molecule has 3 rings (SSSR count). The van der Waals surface area contributed by atoms with Crippen molar-refractivity contribution < 1.29 is 19.2 Å². The number of rotatable bonds is 6. The summed E-state index contributed by atoms with van der Waals surface area (Å²) in [4.78, 5) is 25.4. The molecule has 1 unspecified atom stereocenters. The van der Waals surface area contributed by atoms with Gasteiger partial charge in [-0.25, -0.2) is 0 Å². The normalized spacial score (nSPS) is 18.1.